The summed E-state index contributed by atoms with van der Waals surface area (Å²) in [7, 11) is 3.87. The molecule has 0 bridgehead atoms. The zero-order valence-electron chi connectivity index (χ0n) is 13.4. The Kier molecular flexibility index (Phi) is 5.77. The van der Waals surface area contributed by atoms with Gasteiger partial charge >= 0.3 is 0 Å². The van der Waals surface area contributed by atoms with Gasteiger partial charge in [0.25, 0.3) is 0 Å². The van der Waals surface area contributed by atoms with Crippen LogP contribution < -0.4 is 0 Å². The number of rotatable bonds is 7. The molecule has 0 aromatic heterocycles. The Bertz CT molecular complexity index is 710. The highest BCUT2D eigenvalue weighted by Crippen LogP contribution is 2.16. The number of carbonyl (C=O) groups is 2. The SMILES string of the molecule is CN(C)Cc1ccccc1C(=O)CCC(=O)c1ccccc1F. The third-order valence-electron chi connectivity index (χ3n) is 3.56. The zero-order valence-corrected chi connectivity index (χ0v) is 13.4. The van der Waals surface area contributed by atoms with Gasteiger partial charge in [0.2, 0.25) is 0 Å². The lowest BCUT2D eigenvalue weighted by Gasteiger charge is -2.13. The van der Waals surface area contributed by atoms with E-state index in [0.29, 0.717) is 12.1 Å². The van der Waals surface area contributed by atoms with Gasteiger partial charge in [0.1, 0.15) is 5.82 Å². The Hall–Kier alpha value is -2.33. The molecule has 0 N–H and O–H groups in total. The molecular weight excluding hydrogens is 293 g/mol. The second-order valence-electron chi connectivity index (χ2n) is 5.72. The van der Waals surface area contributed by atoms with Crippen LogP contribution in [0.15, 0.2) is 48.5 Å². The molecule has 2 aromatic carbocycles. The minimum Gasteiger partial charge on any atom is -0.305 e. The summed E-state index contributed by atoms with van der Waals surface area (Å²) in [6, 6.07) is 13.2. The number of benzene rings is 2. The van der Waals surface area contributed by atoms with Gasteiger partial charge in [0.15, 0.2) is 11.6 Å². The normalized spacial score (nSPS) is 10.8. The van der Waals surface area contributed by atoms with Gasteiger partial charge in [0.05, 0.1) is 5.56 Å². The first kappa shape index (κ1) is 17.0. The van der Waals surface area contributed by atoms with Gasteiger partial charge in [-0.2, -0.15) is 0 Å². The number of hydrogen-bond acceptors (Lipinski definition) is 3. The summed E-state index contributed by atoms with van der Waals surface area (Å²) in [5.41, 5.74) is 1.60. The first-order valence-electron chi connectivity index (χ1n) is 7.52. The molecule has 120 valence electrons. The maximum atomic E-state index is 13.6. The van der Waals surface area contributed by atoms with Crippen LogP contribution in [0.25, 0.3) is 0 Å². The summed E-state index contributed by atoms with van der Waals surface area (Å²) in [6.45, 7) is 0.656. The molecule has 2 rings (SSSR count). The van der Waals surface area contributed by atoms with Gasteiger partial charge in [-0.1, -0.05) is 36.4 Å². The van der Waals surface area contributed by atoms with Crippen LogP contribution in [0.3, 0.4) is 0 Å². The molecular formula is C19H20FNO2. The molecule has 0 heterocycles. The molecule has 23 heavy (non-hydrogen) atoms. The van der Waals surface area contributed by atoms with Gasteiger partial charge < -0.3 is 4.90 Å². The smallest absolute Gasteiger partial charge is 0.166 e. The van der Waals surface area contributed by atoms with Crippen LogP contribution in [0.2, 0.25) is 0 Å². The average Bonchev–Trinajstić information content (AvgIpc) is 2.52. The first-order valence-corrected chi connectivity index (χ1v) is 7.52. The van der Waals surface area contributed by atoms with E-state index in [-0.39, 0.29) is 30.0 Å². The second kappa shape index (κ2) is 7.79. The summed E-state index contributed by atoms with van der Waals surface area (Å²) in [5.74, 6) is -0.980. The minimum atomic E-state index is -0.544. The highest BCUT2D eigenvalue weighted by molar-refractivity contribution is 6.02. The minimum absolute atomic E-state index is 0.00999. The van der Waals surface area contributed by atoms with E-state index in [1.807, 2.05) is 37.2 Å². The number of Topliss-reactive ketones (excluding diaryl/α,β-unsaturated/α-hetero) is 2. The molecule has 0 radical (unpaired) electrons. The standard InChI is InChI=1S/C19H20FNO2/c1-21(2)13-14-7-3-4-8-15(14)18(22)11-12-19(23)16-9-5-6-10-17(16)20/h3-10H,11-13H2,1-2H3. The molecule has 3 nitrogen and oxygen atoms in total. The fourth-order valence-corrected chi connectivity index (χ4v) is 2.45. The predicted molar refractivity (Wildman–Crippen MR) is 88.1 cm³/mol. The Balaban J connectivity index is 2.06. The number of hydrogen-bond donors (Lipinski definition) is 0. The van der Waals surface area contributed by atoms with Crippen LogP contribution in [-0.4, -0.2) is 30.6 Å². The van der Waals surface area contributed by atoms with Crippen LogP contribution in [-0.2, 0) is 6.54 Å². The maximum absolute atomic E-state index is 13.6. The Morgan fingerprint density at radius 1 is 0.870 bits per heavy atom. The van der Waals surface area contributed by atoms with Crippen LogP contribution in [0.5, 0.6) is 0 Å². The zero-order chi connectivity index (χ0) is 16.8. The molecule has 0 aliphatic rings. The van der Waals surface area contributed by atoms with Crippen molar-refractivity contribution in [2.75, 3.05) is 14.1 Å². The molecule has 0 aliphatic carbocycles. The van der Waals surface area contributed by atoms with E-state index < -0.39 is 5.82 Å². The second-order valence-corrected chi connectivity index (χ2v) is 5.72. The van der Waals surface area contributed by atoms with Gasteiger partial charge in [-0.25, -0.2) is 4.39 Å². The van der Waals surface area contributed by atoms with Crippen molar-refractivity contribution in [2.24, 2.45) is 0 Å². The van der Waals surface area contributed by atoms with Crippen molar-refractivity contribution in [3.8, 4) is 0 Å². The monoisotopic (exact) mass is 313 g/mol. The number of nitrogens with zero attached hydrogens (tertiary/aromatic N) is 1. The topological polar surface area (TPSA) is 37.4 Å². The highest BCUT2D eigenvalue weighted by atomic mass is 19.1. The Morgan fingerprint density at radius 3 is 2.00 bits per heavy atom. The molecule has 4 heteroatoms. The number of carbonyl (C=O) groups excluding carboxylic acids is 2. The number of ketones is 2. The van der Waals surface area contributed by atoms with Crippen molar-refractivity contribution in [2.45, 2.75) is 19.4 Å². The van der Waals surface area contributed by atoms with Crippen molar-refractivity contribution >= 4 is 11.6 Å². The molecule has 0 unspecified atom stereocenters. The van der Waals surface area contributed by atoms with Crippen molar-refractivity contribution < 1.29 is 14.0 Å². The van der Waals surface area contributed by atoms with E-state index in [9.17, 15) is 14.0 Å². The van der Waals surface area contributed by atoms with Gasteiger partial charge in [-0.05, 0) is 31.8 Å². The van der Waals surface area contributed by atoms with Crippen LogP contribution >= 0.6 is 0 Å². The van der Waals surface area contributed by atoms with E-state index in [0.717, 1.165) is 5.56 Å². The molecule has 0 fully saturated rings. The largest absolute Gasteiger partial charge is 0.305 e. The Labute approximate surface area is 135 Å². The van der Waals surface area contributed by atoms with E-state index >= 15 is 0 Å². The highest BCUT2D eigenvalue weighted by Gasteiger charge is 2.16. The fourth-order valence-electron chi connectivity index (χ4n) is 2.45. The lowest BCUT2D eigenvalue weighted by molar-refractivity contribution is 0.0914. The molecule has 0 atom stereocenters. The van der Waals surface area contributed by atoms with E-state index in [1.165, 1.54) is 18.2 Å². The first-order chi connectivity index (χ1) is 11.0. The lowest BCUT2D eigenvalue weighted by Crippen LogP contribution is -2.15. The quantitative estimate of drug-likeness (QED) is 0.731. The van der Waals surface area contributed by atoms with Crippen molar-refractivity contribution in [3.05, 3.63) is 71.0 Å². The lowest BCUT2D eigenvalue weighted by atomic mass is 9.97. The van der Waals surface area contributed by atoms with Gasteiger partial charge in [0, 0.05) is 24.9 Å². The van der Waals surface area contributed by atoms with Crippen LogP contribution in [0, 0.1) is 5.82 Å². The predicted octanol–water partition coefficient (Wildman–Crippen LogP) is 3.73. The molecule has 0 saturated heterocycles. The summed E-state index contributed by atoms with van der Waals surface area (Å²) in [6.07, 6.45) is 0.0909. The van der Waals surface area contributed by atoms with Crippen LogP contribution in [0.1, 0.15) is 39.1 Å². The summed E-state index contributed by atoms with van der Waals surface area (Å²) >= 11 is 0. The van der Waals surface area contributed by atoms with Crippen molar-refractivity contribution in [3.63, 3.8) is 0 Å². The fraction of sp³-hybridized carbons (Fsp3) is 0.263. The van der Waals surface area contributed by atoms with E-state index in [1.54, 1.807) is 12.1 Å². The van der Waals surface area contributed by atoms with Crippen molar-refractivity contribution in [1.82, 2.24) is 4.90 Å². The summed E-state index contributed by atoms with van der Waals surface area (Å²) in [5, 5.41) is 0. The van der Waals surface area contributed by atoms with Crippen molar-refractivity contribution in [1.29, 1.82) is 0 Å². The third kappa shape index (κ3) is 4.57. The maximum Gasteiger partial charge on any atom is 0.166 e. The van der Waals surface area contributed by atoms with E-state index in [2.05, 4.69) is 0 Å². The molecule has 0 aliphatic heterocycles. The Morgan fingerprint density at radius 2 is 1.39 bits per heavy atom. The average molecular weight is 313 g/mol. The van der Waals surface area contributed by atoms with Gasteiger partial charge in [-0.15, -0.1) is 0 Å². The molecule has 0 amide bonds. The number of halogens is 1. The summed E-state index contributed by atoms with van der Waals surface area (Å²) < 4.78 is 13.6. The molecule has 0 spiro atoms. The molecule has 2 aromatic rings. The summed E-state index contributed by atoms with van der Waals surface area (Å²) in [4.78, 5) is 26.4. The third-order valence-corrected chi connectivity index (χ3v) is 3.56. The molecule has 0 saturated carbocycles. The van der Waals surface area contributed by atoms with Crippen LogP contribution in [0.4, 0.5) is 4.39 Å². The van der Waals surface area contributed by atoms with Gasteiger partial charge in [-0.3, -0.25) is 9.59 Å². The van der Waals surface area contributed by atoms with E-state index in [4.69, 9.17) is 0 Å².